The molecule has 1 aromatic heterocycles. The molecule has 14 heteroatoms. The van der Waals surface area contributed by atoms with E-state index in [1.165, 1.54) is 18.2 Å². The number of pyridine rings is 1. The zero-order chi connectivity index (χ0) is 31.5. The molecule has 2 aliphatic rings. The molecule has 0 atom stereocenters. The van der Waals surface area contributed by atoms with Gasteiger partial charge in [0.25, 0.3) is 5.69 Å². The van der Waals surface area contributed by atoms with E-state index in [0.29, 0.717) is 38.1 Å². The minimum Gasteiger partial charge on any atom is -0.474 e. The molecule has 0 unspecified atom stereocenters. The third-order valence-corrected chi connectivity index (χ3v) is 7.97. The molecule has 0 amide bonds. The van der Waals surface area contributed by atoms with Crippen molar-refractivity contribution in [1.82, 2.24) is 9.88 Å². The van der Waals surface area contributed by atoms with Gasteiger partial charge in [0.05, 0.1) is 10.5 Å². The molecule has 1 saturated heterocycles. The van der Waals surface area contributed by atoms with Crippen LogP contribution in [0.3, 0.4) is 0 Å². The average Bonchev–Trinajstić information content (AvgIpc) is 2.98. The molecule has 44 heavy (non-hydrogen) atoms. The monoisotopic (exact) mass is 623 g/mol. The number of halogens is 6. The lowest BCUT2D eigenvalue weighted by molar-refractivity contribution is -0.388. The Labute approximate surface area is 249 Å². The maximum Gasteiger partial charge on any atom is 0.423 e. The van der Waals surface area contributed by atoms with E-state index in [1.54, 1.807) is 6.20 Å². The van der Waals surface area contributed by atoms with Gasteiger partial charge in [-0.15, -0.1) is 0 Å². The Morgan fingerprint density at radius 2 is 1.57 bits per heavy atom. The molecule has 2 heterocycles. The third kappa shape index (κ3) is 7.90. The summed E-state index contributed by atoms with van der Waals surface area (Å²) in [6.45, 7) is 3.53. The van der Waals surface area contributed by atoms with E-state index in [9.17, 15) is 36.5 Å². The number of benzene rings is 2. The summed E-state index contributed by atoms with van der Waals surface area (Å²) in [6, 6.07) is 11.9. The largest absolute Gasteiger partial charge is 0.474 e. The maximum atomic E-state index is 13.3. The van der Waals surface area contributed by atoms with Crippen LogP contribution in [-0.4, -0.2) is 53.1 Å². The Bertz CT molecular complexity index is 1430. The summed E-state index contributed by atoms with van der Waals surface area (Å²) in [4.78, 5) is 18.7. The molecule has 1 aliphatic carbocycles. The normalized spacial score (nSPS) is 19.9. The molecule has 0 bridgehead atoms. The lowest BCUT2D eigenvalue weighted by Gasteiger charge is -2.36. The van der Waals surface area contributed by atoms with Gasteiger partial charge in [0.15, 0.2) is 0 Å². The van der Waals surface area contributed by atoms with E-state index < -0.39 is 34.1 Å². The van der Waals surface area contributed by atoms with Gasteiger partial charge in [0.1, 0.15) is 11.7 Å². The van der Waals surface area contributed by atoms with Gasteiger partial charge < -0.3 is 15.0 Å². The lowest BCUT2D eigenvalue weighted by atomic mass is 9.92. The van der Waals surface area contributed by atoms with Crippen LogP contribution in [0.4, 0.5) is 43.4 Å². The van der Waals surface area contributed by atoms with E-state index in [4.69, 9.17) is 4.74 Å². The first kappa shape index (κ1) is 31.4. The number of ether oxygens (including phenoxy) is 1. The average molecular weight is 624 g/mol. The summed E-state index contributed by atoms with van der Waals surface area (Å²) >= 11 is 0. The summed E-state index contributed by atoms with van der Waals surface area (Å²) in [5.41, 5.74) is -0.947. The molecule has 236 valence electrons. The number of hydrogen-bond acceptors (Lipinski definition) is 7. The fourth-order valence-electron chi connectivity index (χ4n) is 5.63. The fourth-order valence-corrected chi connectivity index (χ4v) is 5.63. The number of hydrogen-bond donors (Lipinski definition) is 1. The molecule has 5 rings (SSSR count). The molecular formula is C30H31F6N5O3. The van der Waals surface area contributed by atoms with Crippen LogP contribution in [0.25, 0.3) is 0 Å². The number of nitro groups is 1. The maximum absolute atomic E-state index is 13.3. The van der Waals surface area contributed by atoms with E-state index in [1.807, 2.05) is 12.1 Å². The highest BCUT2D eigenvalue weighted by atomic mass is 19.4. The van der Waals surface area contributed by atoms with Crippen molar-refractivity contribution in [1.29, 1.82) is 0 Å². The van der Waals surface area contributed by atoms with Gasteiger partial charge in [-0.3, -0.25) is 15.0 Å². The molecule has 8 nitrogen and oxygen atoms in total. The molecular weight excluding hydrogens is 592 g/mol. The molecule has 2 aromatic carbocycles. The van der Waals surface area contributed by atoms with Crippen molar-refractivity contribution in [3.63, 3.8) is 0 Å². The van der Waals surface area contributed by atoms with E-state index >= 15 is 0 Å². The first-order valence-electron chi connectivity index (χ1n) is 14.2. The lowest BCUT2D eigenvalue weighted by Crippen LogP contribution is -2.46. The van der Waals surface area contributed by atoms with Gasteiger partial charge >= 0.3 is 12.4 Å². The van der Waals surface area contributed by atoms with Crippen LogP contribution in [0.5, 0.6) is 5.88 Å². The number of anilines is 2. The quantitative estimate of drug-likeness (QED) is 0.162. The van der Waals surface area contributed by atoms with Gasteiger partial charge in [0, 0.05) is 68.5 Å². The van der Waals surface area contributed by atoms with Crippen LogP contribution in [0.1, 0.15) is 42.4 Å². The molecule has 1 saturated carbocycles. The second kappa shape index (κ2) is 12.9. The predicted octanol–water partition coefficient (Wildman–Crippen LogP) is 7.15. The fraction of sp³-hybridized carbons (Fsp3) is 0.433. The van der Waals surface area contributed by atoms with Crippen molar-refractivity contribution < 1.29 is 36.0 Å². The van der Waals surface area contributed by atoms with Crippen molar-refractivity contribution in [3.8, 4) is 5.88 Å². The van der Waals surface area contributed by atoms with Crippen LogP contribution >= 0.6 is 0 Å². The van der Waals surface area contributed by atoms with Crippen molar-refractivity contribution in [2.45, 2.75) is 56.7 Å². The predicted molar refractivity (Wildman–Crippen MR) is 152 cm³/mol. The van der Waals surface area contributed by atoms with Crippen LogP contribution in [0.2, 0.25) is 0 Å². The number of piperazine rings is 1. The Hall–Kier alpha value is -4.07. The number of aromatic nitrogens is 1. The zero-order valence-electron chi connectivity index (χ0n) is 23.6. The van der Waals surface area contributed by atoms with Crippen LogP contribution in [0, 0.1) is 10.1 Å². The highest BCUT2D eigenvalue weighted by Gasteiger charge is 2.38. The van der Waals surface area contributed by atoms with Crippen molar-refractivity contribution in [3.05, 3.63) is 87.6 Å². The van der Waals surface area contributed by atoms with E-state index in [2.05, 4.69) is 20.1 Å². The third-order valence-electron chi connectivity index (χ3n) is 7.97. The summed E-state index contributed by atoms with van der Waals surface area (Å²) in [6.07, 6.45) is -5.02. The van der Waals surface area contributed by atoms with E-state index in [0.717, 1.165) is 61.7 Å². The highest BCUT2D eigenvalue weighted by molar-refractivity contribution is 5.55. The number of nitrogens with one attached hydrogen (secondary N) is 1. The van der Waals surface area contributed by atoms with Gasteiger partial charge in [-0.05, 0) is 61.6 Å². The van der Waals surface area contributed by atoms with E-state index in [-0.39, 0.29) is 17.8 Å². The molecule has 1 aliphatic heterocycles. The highest BCUT2D eigenvalue weighted by Crippen LogP contribution is 2.38. The Morgan fingerprint density at radius 1 is 0.886 bits per heavy atom. The molecule has 3 aromatic rings. The number of rotatable bonds is 8. The molecule has 0 radical (unpaired) electrons. The van der Waals surface area contributed by atoms with Crippen LogP contribution < -0.4 is 15.0 Å². The van der Waals surface area contributed by atoms with Crippen LogP contribution in [-0.2, 0) is 18.9 Å². The number of nitrogens with zero attached hydrogens (tertiary/aromatic N) is 4. The van der Waals surface area contributed by atoms with Gasteiger partial charge in [-0.25, -0.2) is 4.98 Å². The minimum absolute atomic E-state index is 0.101. The second-order valence-corrected chi connectivity index (χ2v) is 11.0. The first-order chi connectivity index (χ1) is 20.8. The number of nitro benzene ring substituents is 1. The van der Waals surface area contributed by atoms with Crippen LogP contribution in [0.15, 0.2) is 60.8 Å². The Morgan fingerprint density at radius 3 is 2.18 bits per heavy atom. The molecule has 0 spiro atoms. The minimum atomic E-state index is -4.84. The smallest absolute Gasteiger partial charge is 0.423 e. The van der Waals surface area contributed by atoms with Crippen molar-refractivity contribution >= 4 is 17.1 Å². The summed E-state index contributed by atoms with van der Waals surface area (Å²) in [5.74, 6) is 0.483. The molecule has 1 N–H and O–H groups in total. The van der Waals surface area contributed by atoms with Gasteiger partial charge in [0.2, 0.25) is 5.88 Å². The van der Waals surface area contributed by atoms with Gasteiger partial charge in [-0.2, -0.15) is 26.3 Å². The van der Waals surface area contributed by atoms with Crippen molar-refractivity contribution in [2.75, 3.05) is 36.4 Å². The summed E-state index contributed by atoms with van der Waals surface area (Å²) in [7, 11) is 0. The topological polar surface area (TPSA) is 83.8 Å². The number of alkyl halides is 6. The Kier molecular flexibility index (Phi) is 9.18. The Balaban J connectivity index is 1.09. The SMILES string of the molecule is O=[N+]([O-])c1ccc(N[C@H]2CC[C@H](Oc3cc(N4CCN(Cc5ccc(C(F)(F)F)cc5)CC4)ccn3)CC2)cc1C(F)(F)F. The summed E-state index contributed by atoms with van der Waals surface area (Å²) < 4.78 is 84.6. The summed E-state index contributed by atoms with van der Waals surface area (Å²) in [5, 5.41) is 14.1. The molecule has 2 fully saturated rings. The second-order valence-electron chi connectivity index (χ2n) is 11.0. The first-order valence-corrected chi connectivity index (χ1v) is 14.2. The van der Waals surface area contributed by atoms with Gasteiger partial charge in [-0.1, -0.05) is 12.1 Å². The zero-order valence-corrected chi connectivity index (χ0v) is 23.6. The van der Waals surface area contributed by atoms with Crippen molar-refractivity contribution in [2.24, 2.45) is 0 Å². The standard InChI is InChI=1S/C30H31F6N5O3/c31-29(32,33)21-3-1-20(2-4-21)19-39-13-15-40(16-14-39)24-11-12-37-28(18-24)44-25-8-5-22(6-9-25)38-23-7-10-27(41(42)43)26(17-23)30(34,35)36/h1-4,7,10-12,17-18,22,25,38H,5-6,8-9,13-16,19H2/t22-,25-.